The largest absolute Gasteiger partial charge is 0.482 e. The van der Waals surface area contributed by atoms with Crippen LogP contribution in [0.4, 0.5) is 0 Å². The lowest BCUT2D eigenvalue weighted by molar-refractivity contribution is -0.139. The van der Waals surface area contributed by atoms with Crippen LogP contribution in [0.2, 0.25) is 0 Å². The standard InChI is InChI=1S/C11H15NO3/c1-8(12)6-9-2-4-10(5-3-9)15-7-11(13)14/h2-5,8H,6-7,12H2,1H3,(H,13,14)/t8-/m0/s1. The summed E-state index contributed by atoms with van der Waals surface area (Å²) < 4.78 is 5.00. The predicted octanol–water partition coefficient (Wildman–Crippen LogP) is 1.04. The first kappa shape index (κ1) is 11.5. The van der Waals surface area contributed by atoms with Crippen LogP contribution in [0, 0.1) is 0 Å². The molecule has 0 bridgehead atoms. The molecule has 0 saturated heterocycles. The number of carbonyl (C=O) groups is 1. The van der Waals surface area contributed by atoms with Gasteiger partial charge in [-0.25, -0.2) is 4.79 Å². The molecule has 0 aliphatic rings. The fourth-order valence-corrected chi connectivity index (χ4v) is 1.24. The van der Waals surface area contributed by atoms with Crippen LogP contribution in [0.25, 0.3) is 0 Å². The van der Waals surface area contributed by atoms with Crippen molar-refractivity contribution in [3.8, 4) is 5.75 Å². The summed E-state index contributed by atoms with van der Waals surface area (Å²) in [6.07, 6.45) is 0.805. The van der Waals surface area contributed by atoms with E-state index >= 15 is 0 Å². The lowest BCUT2D eigenvalue weighted by atomic mass is 10.1. The first-order valence-electron chi connectivity index (χ1n) is 4.77. The molecular formula is C11H15NO3. The second-order valence-corrected chi connectivity index (χ2v) is 3.51. The molecule has 0 heterocycles. The molecule has 0 aliphatic carbocycles. The molecule has 4 nitrogen and oxygen atoms in total. The minimum absolute atomic E-state index is 0.121. The van der Waals surface area contributed by atoms with E-state index in [9.17, 15) is 4.79 Å². The number of nitrogens with two attached hydrogens (primary N) is 1. The van der Waals surface area contributed by atoms with Crippen LogP contribution in [-0.4, -0.2) is 23.7 Å². The SMILES string of the molecule is C[C@H](N)Cc1ccc(OCC(=O)O)cc1. The third-order valence-electron chi connectivity index (χ3n) is 1.84. The molecule has 1 aromatic carbocycles. The summed E-state index contributed by atoms with van der Waals surface area (Å²) in [5.41, 5.74) is 6.77. The molecule has 0 amide bonds. The maximum Gasteiger partial charge on any atom is 0.341 e. The summed E-state index contributed by atoms with van der Waals surface area (Å²) in [6.45, 7) is 1.63. The first-order chi connectivity index (χ1) is 7.08. The van der Waals surface area contributed by atoms with E-state index in [-0.39, 0.29) is 12.6 Å². The van der Waals surface area contributed by atoms with Crippen molar-refractivity contribution in [2.45, 2.75) is 19.4 Å². The summed E-state index contributed by atoms with van der Waals surface area (Å²) in [5.74, 6) is -0.416. The molecule has 4 heteroatoms. The Morgan fingerprint density at radius 3 is 2.53 bits per heavy atom. The molecule has 0 spiro atoms. The molecular weight excluding hydrogens is 194 g/mol. The lowest BCUT2D eigenvalue weighted by Gasteiger charge is -2.06. The molecule has 1 atom stereocenters. The second kappa shape index (κ2) is 5.36. The number of carboxylic acid groups (broad SMARTS) is 1. The summed E-state index contributed by atoms with van der Waals surface area (Å²) >= 11 is 0. The molecule has 0 aromatic heterocycles. The average Bonchev–Trinajstić information content (AvgIpc) is 2.16. The Morgan fingerprint density at radius 1 is 1.47 bits per heavy atom. The summed E-state index contributed by atoms with van der Waals surface area (Å²) in [5, 5.41) is 8.41. The van der Waals surface area contributed by atoms with Gasteiger partial charge in [-0.05, 0) is 31.0 Å². The first-order valence-corrected chi connectivity index (χ1v) is 4.77. The van der Waals surface area contributed by atoms with E-state index in [0.29, 0.717) is 5.75 Å². The van der Waals surface area contributed by atoms with Gasteiger partial charge in [-0.15, -0.1) is 0 Å². The van der Waals surface area contributed by atoms with Crippen LogP contribution < -0.4 is 10.5 Å². The molecule has 1 rings (SSSR count). The van der Waals surface area contributed by atoms with Crippen molar-refractivity contribution >= 4 is 5.97 Å². The van der Waals surface area contributed by atoms with Crippen molar-refractivity contribution in [1.82, 2.24) is 0 Å². The number of benzene rings is 1. The number of aliphatic carboxylic acids is 1. The fourth-order valence-electron chi connectivity index (χ4n) is 1.24. The monoisotopic (exact) mass is 209 g/mol. The zero-order valence-corrected chi connectivity index (χ0v) is 8.64. The molecule has 1 aromatic rings. The number of ether oxygens (including phenoxy) is 1. The highest BCUT2D eigenvalue weighted by molar-refractivity contribution is 5.68. The Balaban J connectivity index is 2.52. The van der Waals surface area contributed by atoms with Gasteiger partial charge in [0.15, 0.2) is 6.61 Å². The molecule has 15 heavy (non-hydrogen) atoms. The minimum atomic E-state index is -0.977. The number of carboxylic acids is 1. The average molecular weight is 209 g/mol. The third kappa shape index (κ3) is 4.46. The number of hydrogen-bond acceptors (Lipinski definition) is 3. The maximum absolute atomic E-state index is 10.2. The van der Waals surface area contributed by atoms with Crippen LogP contribution in [0.3, 0.4) is 0 Å². The summed E-state index contributed by atoms with van der Waals surface area (Å²) in [6, 6.07) is 7.40. The van der Waals surface area contributed by atoms with Crippen molar-refractivity contribution in [3.63, 3.8) is 0 Å². The van der Waals surface area contributed by atoms with Crippen molar-refractivity contribution in [2.24, 2.45) is 5.73 Å². The van der Waals surface area contributed by atoms with E-state index in [1.807, 2.05) is 19.1 Å². The van der Waals surface area contributed by atoms with E-state index in [1.165, 1.54) is 0 Å². The molecule has 3 N–H and O–H groups in total. The van der Waals surface area contributed by atoms with Gasteiger partial charge in [0, 0.05) is 6.04 Å². The predicted molar refractivity (Wildman–Crippen MR) is 56.9 cm³/mol. The fraction of sp³-hybridized carbons (Fsp3) is 0.364. The molecule has 0 saturated carbocycles. The second-order valence-electron chi connectivity index (χ2n) is 3.51. The Bertz CT molecular complexity index is 319. The van der Waals surface area contributed by atoms with Crippen molar-refractivity contribution in [3.05, 3.63) is 29.8 Å². The van der Waals surface area contributed by atoms with E-state index in [1.54, 1.807) is 12.1 Å². The summed E-state index contributed by atoms with van der Waals surface area (Å²) in [4.78, 5) is 10.2. The lowest BCUT2D eigenvalue weighted by Crippen LogP contribution is -2.17. The molecule has 82 valence electrons. The van der Waals surface area contributed by atoms with E-state index in [2.05, 4.69) is 0 Å². The van der Waals surface area contributed by atoms with Crippen LogP contribution >= 0.6 is 0 Å². The van der Waals surface area contributed by atoms with Gasteiger partial charge in [0.1, 0.15) is 5.75 Å². The Morgan fingerprint density at radius 2 is 2.07 bits per heavy atom. The van der Waals surface area contributed by atoms with Crippen LogP contribution in [0.5, 0.6) is 5.75 Å². The Hall–Kier alpha value is -1.55. The highest BCUT2D eigenvalue weighted by Crippen LogP contribution is 2.12. The Kier molecular flexibility index (Phi) is 4.12. The van der Waals surface area contributed by atoms with Crippen molar-refractivity contribution in [1.29, 1.82) is 0 Å². The molecule has 0 radical (unpaired) electrons. The van der Waals surface area contributed by atoms with Gasteiger partial charge in [0.25, 0.3) is 0 Å². The third-order valence-corrected chi connectivity index (χ3v) is 1.84. The zero-order chi connectivity index (χ0) is 11.3. The Labute approximate surface area is 88.7 Å². The molecule has 0 aliphatic heterocycles. The van der Waals surface area contributed by atoms with Gasteiger partial charge in [-0.3, -0.25) is 0 Å². The molecule has 0 unspecified atom stereocenters. The van der Waals surface area contributed by atoms with Crippen molar-refractivity contribution in [2.75, 3.05) is 6.61 Å². The van der Waals surface area contributed by atoms with E-state index in [4.69, 9.17) is 15.6 Å². The van der Waals surface area contributed by atoms with Gasteiger partial charge < -0.3 is 15.6 Å². The van der Waals surface area contributed by atoms with Gasteiger partial charge in [-0.2, -0.15) is 0 Å². The van der Waals surface area contributed by atoms with Crippen LogP contribution in [0.15, 0.2) is 24.3 Å². The normalized spacial score (nSPS) is 12.1. The van der Waals surface area contributed by atoms with Gasteiger partial charge in [0.2, 0.25) is 0 Å². The minimum Gasteiger partial charge on any atom is -0.482 e. The quantitative estimate of drug-likeness (QED) is 0.760. The topological polar surface area (TPSA) is 72.5 Å². The molecule has 0 fully saturated rings. The van der Waals surface area contributed by atoms with Crippen LogP contribution in [0.1, 0.15) is 12.5 Å². The number of hydrogen-bond donors (Lipinski definition) is 2. The zero-order valence-electron chi connectivity index (χ0n) is 8.64. The number of rotatable bonds is 5. The van der Waals surface area contributed by atoms with E-state index < -0.39 is 5.97 Å². The van der Waals surface area contributed by atoms with Gasteiger partial charge in [-0.1, -0.05) is 12.1 Å². The highest BCUT2D eigenvalue weighted by atomic mass is 16.5. The smallest absolute Gasteiger partial charge is 0.341 e. The van der Waals surface area contributed by atoms with Crippen LogP contribution in [-0.2, 0) is 11.2 Å². The highest BCUT2D eigenvalue weighted by Gasteiger charge is 2.00. The van der Waals surface area contributed by atoms with E-state index in [0.717, 1.165) is 12.0 Å². The van der Waals surface area contributed by atoms with Crippen molar-refractivity contribution < 1.29 is 14.6 Å². The summed E-state index contributed by atoms with van der Waals surface area (Å²) in [7, 11) is 0. The maximum atomic E-state index is 10.2. The van der Waals surface area contributed by atoms with Gasteiger partial charge >= 0.3 is 5.97 Å². The van der Waals surface area contributed by atoms with Gasteiger partial charge in [0.05, 0.1) is 0 Å².